The van der Waals surface area contributed by atoms with Crippen LogP contribution < -0.4 is 10.2 Å². The normalized spacial score (nSPS) is 14.6. The summed E-state index contributed by atoms with van der Waals surface area (Å²) < 4.78 is 5.33. The van der Waals surface area contributed by atoms with Crippen molar-refractivity contribution < 1.29 is 9.53 Å². The van der Waals surface area contributed by atoms with Gasteiger partial charge in [-0.3, -0.25) is 4.79 Å². The largest absolute Gasteiger partial charge is 0.378 e. The molecule has 23 heavy (non-hydrogen) atoms. The van der Waals surface area contributed by atoms with E-state index in [1.54, 1.807) is 24.5 Å². The predicted molar refractivity (Wildman–Crippen MR) is 91.2 cm³/mol. The summed E-state index contributed by atoms with van der Waals surface area (Å²) in [5.41, 5.74) is 1.24. The lowest BCUT2D eigenvalue weighted by Gasteiger charge is -2.27. The van der Waals surface area contributed by atoms with Crippen LogP contribution in [-0.4, -0.2) is 48.4 Å². The monoisotopic (exact) mass is 330 g/mol. The molecule has 0 radical (unpaired) electrons. The molecule has 120 valence electrons. The van der Waals surface area contributed by atoms with Crippen LogP contribution in [-0.2, 0) is 4.74 Å². The Labute approximate surface area is 139 Å². The van der Waals surface area contributed by atoms with Gasteiger partial charge in [-0.1, -0.05) is 0 Å². The number of hydrogen-bond donors (Lipinski definition) is 1. The highest BCUT2D eigenvalue weighted by Crippen LogP contribution is 2.19. The Morgan fingerprint density at radius 3 is 2.78 bits per heavy atom. The summed E-state index contributed by atoms with van der Waals surface area (Å²) in [6.45, 7) is 3.12. The Bertz CT molecular complexity index is 672. The van der Waals surface area contributed by atoms with E-state index in [-0.39, 0.29) is 5.91 Å². The smallest absolute Gasteiger partial charge is 0.258 e. The van der Waals surface area contributed by atoms with Crippen LogP contribution in [0.4, 0.5) is 11.5 Å². The number of anilines is 2. The number of nitrogens with zero attached hydrogens (tertiary/aromatic N) is 3. The van der Waals surface area contributed by atoms with Crippen molar-refractivity contribution in [1.29, 1.82) is 0 Å². The molecule has 0 spiro atoms. The van der Waals surface area contributed by atoms with E-state index in [1.165, 1.54) is 11.8 Å². The topological polar surface area (TPSA) is 67.4 Å². The van der Waals surface area contributed by atoms with E-state index in [0.29, 0.717) is 16.3 Å². The lowest BCUT2D eigenvalue weighted by atomic mass is 10.2. The summed E-state index contributed by atoms with van der Waals surface area (Å²) in [4.78, 5) is 23.2. The third-order valence-electron chi connectivity index (χ3n) is 3.55. The van der Waals surface area contributed by atoms with Crippen molar-refractivity contribution >= 4 is 29.2 Å². The molecule has 1 fully saturated rings. The van der Waals surface area contributed by atoms with Crippen molar-refractivity contribution in [2.24, 2.45) is 0 Å². The van der Waals surface area contributed by atoms with E-state index in [1.807, 2.05) is 18.4 Å². The van der Waals surface area contributed by atoms with E-state index < -0.39 is 0 Å². The minimum Gasteiger partial charge on any atom is -0.378 e. The number of amides is 1. The van der Waals surface area contributed by atoms with Crippen molar-refractivity contribution in [3.8, 4) is 0 Å². The summed E-state index contributed by atoms with van der Waals surface area (Å²) in [6.07, 6.45) is 5.26. The van der Waals surface area contributed by atoms with Gasteiger partial charge >= 0.3 is 0 Å². The zero-order valence-corrected chi connectivity index (χ0v) is 13.7. The quantitative estimate of drug-likeness (QED) is 0.868. The van der Waals surface area contributed by atoms with Crippen molar-refractivity contribution in [3.63, 3.8) is 0 Å². The van der Waals surface area contributed by atoms with Gasteiger partial charge in [-0.25, -0.2) is 9.97 Å². The van der Waals surface area contributed by atoms with Crippen molar-refractivity contribution in [2.75, 3.05) is 42.8 Å². The second kappa shape index (κ2) is 7.43. The van der Waals surface area contributed by atoms with Crippen LogP contribution in [0.3, 0.4) is 0 Å². The average molecular weight is 330 g/mol. The van der Waals surface area contributed by atoms with Gasteiger partial charge in [0.25, 0.3) is 5.91 Å². The highest BCUT2D eigenvalue weighted by Gasteiger charge is 2.14. The fourth-order valence-electron chi connectivity index (χ4n) is 2.36. The van der Waals surface area contributed by atoms with E-state index in [0.717, 1.165) is 32.1 Å². The van der Waals surface area contributed by atoms with Gasteiger partial charge in [0.2, 0.25) is 0 Å². The second-order valence-electron chi connectivity index (χ2n) is 5.02. The predicted octanol–water partition coefficient (Wildman–Crippen LogP) is 2.29. The highest BCUT2D eigenvalue weighted by molar-refractivity contribution is 7.98. The Balaban J connectivity index is 1.69. The molecule has 1 aliphatic rings. The van der Waals surface area contributed by atoms with E-state index >= 15 is 0 Å². The van der Waals surface area contributed by atoms with Crippen LogP contribution in [0.5, 0.6) is 0 Å². The van der Waals surface area contributed by atoms with Gasteiger partial charge in [0.1, 0.15) is 10.8 Å². The maximum absolute atomic E-state index is 12.4. The maximum atomic E-state index is 12.4. The average Bonchev–Trinajstić information content (AvgIpc) is 2.63. The number of ether oxygens (including phenoxy) is 1. The molecule has 0 saturated carbocycles. The molecule has 0 atom stereocenters. The van der Waals surface area contributed by atoms with E-state index in [4.69, 9.17) is 4.74 Å². The molecule has 0 unspecified atom stereocenters. The second-order valence-corrected chi connectivity index (χ2v) is 5.81. The Morgan fingerprint density at radius 2 is 2.09 bits per heavy atom. The number of pyridine rings is 2. The van der Waals surface area contributed by atoms with Gasteiger partial charge in [0, 0.05) is 19.3 Å². The van der Waals surface area contributed by atoms with Crippen LogP contribution in [0.15, 0.2) is 41.7 Å². The lowest BCUT2D eigenvalue weighted by molar-refractivity contribution is 0.102. The molecule has 1 aliphatic heterocycles. The Kier molecular flexibility index (Phi) is 5.09. The third-order valence-corrected chi connectivity index (χ3v) is 4.26. The van der Waals surface area contributed by atoms with Crippen LogP contribution in [0.2, 0.25) is 0 Å². The van der Waals surface area contributed by atoms with Crippen LogP contribution >= 0.6 is 11.8 Å². The molecule has 0 bridgehead atoms. The van der Waals surface area contributed by atoms with Gasteiger partial charge in [-0.2, -0.15) is 0 Å². The molecule has 1 amide bonds. The lowest BCUT2D eigenvalue weighted by Crippen LogP contribution is -2.36. The first-order chi connectivity index (χ1) is 11.3. The molecule has 2 aromatic rings. The molecule has 6 nitrogen and oxygen atoms in total. The first-order valence-corrected chi connectivity index (χ1v) is 8.59. The summed E-state index contributed by atoms with van der Waals surface area (Å²) in [6, 6.07) is 7.31. The SMILES string of the molecule is CSc1ncccc1C(=O)Nc1ccc(N2CCOCC2)nc1. The minimum atomic E-state index is -0.177. The van der Waals surface area contributed by atoms with Crippen molar-refractivity contribution in [3.05, 3.63) is 42.2 Å². The first kappa shape index (κ1) is 15.8. The van der Waals surface area contributed by atoms with Gasteiger partial charge in [-0.15, -0.1) is 11.8 Å². The number of carbonyl (C=O) groups is 1. The number of rotatable bonds is 4. The number of carbonyl (C=O) groups excluding carboxylic acids is 1. The molecule has 1 saturated heterocycles. The molecule has 2 aromatic heterocycles. The number of hydrogen-bond acceptors (Lipinski definition) is 6. The number of morpholine rings is 1. The van der Waals surface area contributed by atoms with Crippen LogP contribution in [0.1, 0.15) is 10.4 Å². The molecule has 3 heterocycles. The summed E-state index contributed by atoms with van der Waals surface area (Å²) >= 11 is 1.45. The van der Waals surface area contributed by atoms with E-state index in [9.17, 15) is 4.79 Å². The summed E-state index contributed by atoms with van der Waals surface area (Å²) in [5.74, 6) is 0.723. The fraction of sp³-hybridized carbons (Fsp3) is 0.312. The van der Waals surface area contributed by atoms with Crippen LogP contribution in [0, 0.1) is 0 Å². The molecule has 0 aliphatic carbocycles. The number of aromatic nitrogens is 2. The molecule has 1 N–H and O–H groups in total. The van der Waals surface area contributed by atoms with Crippen LogP contribution in [0.25, 0.3) is 0 Å². The standard InChI is InChI=1S/C16H18N4O2S/c1-23-16-13(3-2-6-17-16)15(21)19-12-4-5-14(18-11-12)20-7-9-22-10-8-20/h2-6,11H,7-10H2,1H3,(H,19,21). The van der Waals surface area contributed by atoms with Gasteiger partial charge in [0.15, 0.2) is 0 Å². The van der Waals surface area contributed by atoms with Gasteiger partial charge in [0.05, 0.1) is 30.7 Å². The fourth-order valence-corrected chi connectivity index (χ4v) is 2.91. The van der Waals surface area contributed by atoms with Gasteiger partial charge < -0.3 is 15.0 Å². The minimum absolute atomic E-state index is 0.177. The highest BCUT2D eigenvalue weighted by atomic mass is 32.2. The zero-order valence-electron chi connectivity index (χ0n) is 12.9. The Morgan fingerprint density at radius 1 is 1.26 bits per heavy atom. The summed E-state index contributed by atoms with van der Waals surface area (Å²) in [7, 11) is 0. The van der Waals surface area contributed by atoms with E-state index in [2.05, 4.69) is 20.2 Å². The number of thioether (sulfide) groups is 1. The van der Waals surface area contributed by atoms with Crippen molar-refractivity contribution in [2.45, 2.75) is 5.03 Å². The zero-order chi connectivity index (χ0) is 16.1. The molecule has 0 aromatic carbocycles. The van der Waals surface area contributed by atoms with Gasteiger partial charge in [-0.05, 0) is 30.5 Å². The molecular formula is C16H18N4O2S. The third kappa shape index (κ3) is 3.80. The molecular weight excluding hydrogens is 312 g/mol. The first-order valence-electron chi connectivity index (χ1n) is 7.37. The van der Waals surface area contributed by atoms with Crippen molar-refractivity contribution in [1.82, 2.24) is 9.97 Å². The Hall–Kier alpha value is -2.12. The number of nitrogens with one attached hydrogen (secondary N) is 1. The maximum Gasteiger partial charge on any atom is 0.258 e. The summed E-state index contributed by atoms with van der Waals surface area (Å²) in [5, 5.41) is 3.58. The molecule has 3 rings (SSSR count). The molecule has 7 heteroatoms.